The molecule has 0 heterocycles. The lowest BCUT2D eigenvalue weighted by atomic mass is 9.67. The van der Waals surface area contributed by atoms with E-state index in [0.717, 1.165) is 19.2 Å². The number of benzene rings is 2. The average molecular weight is 250 g/mol. The van der Waals surface area contributed by atoms with Crippen LogP contribution in [0.4, 0.5) is 0 Å². The van der Waals surface area contributed by atoms with Crippen molar-refractivity contribution in [2.24, 2.45) is 0 Å². The van der Waals surface area contributed by atoms with E-state index in [2.05, 4.69) is 26.0 Å². The molecular weight excluding hydrogens is 231 g/mol. The molecule has 96 valence electrons. The number of hydrogen-bond acceptors (Lipinski definition) is 1. The van der Waals surface area contributed by atoms with E-state index in [1.54, 1.807) is 0 Å². The first-order valence-corrected chi connectivity index (χ1v) is 6.81. The van der Waals surface area contributed by atoms with Gasteiger partial charge in [0, 0.05) is 5.56 Å². The Morgan fingerprint density at radius 1 is 1.00 bits per heavy atom. The van der Waals surface area contributed by atoms with Gasteiger partial charge in [-0.25, -0.2) is 0 Å². The van der Waals surface area contributed by atoms with Crippen molar-refractivity contribution in [2.75, 3.05) is 0 Å². The molecule has 19 heavy (non-hydrogen) atoms. The van der Waals surface area contributed by atoms with Gasteiger partial charge in [0.1, 0.15) is 7.28 Å². The fraction of sp³-hybridized carbons (Fsp3) is 0.235. The molecule has 2 heteroatoms. The summed E-state index contributed by atoms with van der Waals surface area (Å²) in [6.07, 6.45) is 1.59. The first kappa shape index (κ1) is 13.6. The Balaban J connectivity index is 1.89. The second-order valence-corrected chi connectivity index (χ2v) is 5.06. The summed E-state index contributed by atoms with van der Waals surface area (Å²) in [4.78, 5) is 12.1. The number of aryl methyl sites for hydroxylation is 2. The third-order valence-electron chi connectivity index (χ3n) is 3.54. The number of rotatable bonds is 5. The molecule has 2 aromatic carbocycles. The van der Waals surface area contributed by atoms with Crippen LogP contribution in [-0.4, -0.2) is 13.1 Å². The number of Topliss-reactive ketones (excluding diaryl/α,β-unsaturated/α-hetero) is 1. The number of ketones is 1. The van der Waals surface area contributed by atoms with Crippen molar-refractivity contribution in [2.45, 2.75) is 26.5 Å². The molecule has 0 unspecified atom stereocenters. The van der Waals surface area contributed by atoms with Crippen LogP contribution in [0.2, 0.25) is 6.32 Å². The molecule has 1 nitrogen and oxygen atoms in total. The van der Waals surface area contributed by atoms with Crippen LogP contribution in [0.25, 0.3) is 0 Å². The molecule has 0 aliphatic carbocycles. The molecule has 0 spiro atoms. The zero-order chi connectivity index (χ0) is 13.7. The van der Waals surface area contributed by atoms with Crippen molar-refractivity contribution >= 4 is 13.1 Å². The normalized spacial score (nSPS) is 10.2. The van der Waals surface area contributed by atoms with E-state index in [9.17, 15) is 4.79 Å². The van der Waals surface area contributed by atoms with E-state index in [4.69, 9.17) is 0 Å². The van der Waals surface area contributed by atoms with Crippen LogP contribution < -0.4 is 0 Å². The smallest absolute Gasteiger partial charge is 0.155 e. The molecule has 0 radical (unpaired) electrons. The Morgan fingerprint density at radius 2 is 1.74 bits per heavy atom. The zero-order valence-electron chi connectivity index (χ0n) is 11.6. The Kier molecular flexibility index (Phi) is 4.56. The Bertz CT molecular complexity index is 561. The summed E-state index contributed by atoms with van der Waals surface area (Å²) in [5.41, 5.74) is 4.57. The van der Waals surface area contributed by atoms with Crippen LogP contribution in [0.5, 0.6) is 0 Å². The fourth-order valence-corrected chi connectivity index (χ4v) is 2.16. The van der Waals surface area contributed by atoms with Gasteiger partial charge in [-0.2, -0.15) is 0 Å². The molecule has 0 atom stereocenters. The SMILES string of the molecule is Cc1ccc(C(=O)CBCc2ccccc2)cc1C. The van der Waals surface area contributed by atoms with Gasteiger partial charge in [-0.3, -0.25) is 4.79 Å². The van der Waals surface area contributed by atoms with Crippen LogP contribution in [0.15, 0.2) is 48.5 Å². The van der Waals surface area contributed by atoms with Gasteiger partial charge < -0.3 is 0 Å². The number of hydrogen-bond donors (Lipinski definition) is 0. The van der Waals surface area contributed by atoms with Crippen molar-refractivity contribution in [3.05, 3.63) is 70.8 Å². The summed E-state index contributed by atoms with van der Waals surface area (Å²) in [6, 6.07) is 16.3. The summed E-state index contributed by atoms with van der Waals surface area (Å²) in [6.45, 7) is 4.12. The van der Waals surface area contributed by atoms with Crippen molar-refractivity contribution in [3.63, 3.8) is 0 Å². The number of carbonyl (C=O) groups excluding carboxylic acids is 1. The minimum Gasteiger partial charge on any atom is -0.295 e. The van der Waals surface area contributed by atoms with E-state index in [0.29, 0.717) is 6.32 Å². The van der Waals surface area contributed by atoms with Crippen LogP contribution in [-0.2, 0) is 6.32 Å². The van der Waals surface area contributed by atoms with Gasteiger partial charge in [0.2, 0.25) is 0 Å². The van der Waals surface area contributed by atoms with Gasteiger partial charge in [0.25, 0.3) is 0 Å². The topological polar surface area (TPSA) is 17.1 Å². The van der Waals surface area contributed by atoms with E-state index in [-0.39, 0.29) is 5.78 Å². The Morgan fingerprint density at radius 3 is 2.42 bits per heavy atom. The van der Waals surface area contributed by atoms with Gasteiger partial charge in [0.05, 0.1) is 0 Å². The highest BCUT2D eigenvalue weighted by molar-refractivity contribution is 6.42. The maximum absolute atomic E-state index is 12.1. The zero-order valence-corrected chi connectivity index (χ0v) is 11.6. The Labute approximate surface area is 115 Å². The van der Waals surface area contributed by atoms with Gasteiger partial charge in [-0.1, -0.05) is 54.3 Å². The van der Waals surface area contributed by atoms with E-state index < -0.39 is 0 Å². The summed E-state index contributed by atoms with van der Waals surface area (Å²) in [5, 5.41) is 0. The van der Waals surface area contributed by atoms with E-state index in [1.807, 2.05) is 36.4 Å². The molecule has 0 bridgehead atoms. The maximum atomic E-state index is 12.1. The highest BCUT2D eigenvalue weighted by Crippen LogP contribution is 2.12. The molecule has 0 aromatic heterocycles. The second-order valence-electron chi connectivity index (χ2n) is 5.06. The minimum atomic E-state index is 0.249. The standard InChI is InChI=1S/C17H19BO/c1-13-8-9-16(10-14(13)2)17(19)12-18-11-15-6-4-3-5-7-15/h3-10,18H,11-12H2,1-2H3. The second kappa shape index (κ2) is 6.37. The summed E-state index contributed by atoms with van der Waals surface area (Å²) < 4.78 is 0. The fourth-order valence-electron chi connectivity index (χ4n) is 2.16. The molecular formula is C17H19BO. The molecule has 2 aromatic rings. The molecule has 0 amide bonds. The predicted molar refractivity (Wildman–Crippen MR) is 82.3 cm³/mol. The quantitative estimate of drug-likeness (QED) is 0.586. The van der Waals surface area contributed by atoms with Crippen LogP contribution in [0, 0.1) is 13.8 Å². The van der Waals surface area contributed by atoms with Gasteiger partial charge in [-0.05, 0) is 37.4 Å². The maximum Gasteiger partial charge on any atom is 0.155 e. The average Bonchev–Trinajstić information content (AvgIpc) is 2.43. The van der Waals surface area contributed by atoms with Crippen molar-refractivity contribution < 1.29 is 4.79 Å². The molecule has 2 rings (SSSR count). The van der Waals surface area contributed by atoms with Gasteiger partial charge in [0.15, 0.2) is 5.78 Å². The largest absolute Gasteiger partial charge is 0.295 e. The monoisotopic (exact) mass is 250 g/mol. The lowest BCUT2D eigenvalue weighted by Crippen LogP contribution is -2.06. The van der Waals surface area contributed by atoms with E-state index in [1.165, 1.54) is 16.7 Å². The first-order valence-electron chi connectivity index (χ1n) is 6.81. The molecule has 0 N–H and O–H groups in total. The summed E-state index contributed by atoms with van der Waals surface area (Å²) in [7, 11) is 0.912. The van der Waals surface area contributed by atoms with Gasteiger partial charge in [-0.15, -0.1) is 0 Å². The van der Waals surface area contributed by atoms with E-state index >= 15 is 0 Å². The van der Waals surface area contributed by atoms with Crippen molar-refractivity contribution in [3.8, 4) is 0 Å². The predicted octanol–water partition coefficient (Wildman–Crippen LogP) is 3.54. The Hall–Kier alpha value is -1.83. The lowest BCUT2D eigenvalue weighted by Gasteiger charge is -2.04. The highest BCUT2D eigenvalue weighted by atomic mass is 16.1. The third-order valence-corrected chi connectivity index (χ3v) is 3.54. The van der Waals surface area contributed by atoms with Crippen LogP contribution in [0.1, 0.15) is 27.0 Å². The molecule has 0 aliphatic heterocycles. The van der Waals surface area contributed by atoms with Gasteiger partial charge >= 0.3 is 0 Å². The number of carbonyl (C=O) groups is 1. The minimum absolute atomic E-state index is 0.249. The van der Waals surface area contributed by atoms with Crippen LogP contribution in [0.3, 0.4) is 0 Å². The lowest BCUT2D eigenvalue weighted by molar-refractivity contribution is 0.101. The summed E-state index contributed by atoms with van der Waals surface area (Å²) in [5.74, 6) is 0.249. The molecule has 0 fully saturated rings. The highest BCUT2D eigenvalue weighted by Gasteiger charge is 2.07. The third kappa shape index (κ3) is 3.82. The molecule has 0 aliphatic rings. The first-order chi connectivity index (χ1) is 9.16. The molecule has 0 saturated heterocycles. The van der Waals surface area contributed by atoms with Crippen LogP contribution >= 0.6 is 0 Å². The van der Waals surface area contributed by atoms with Crippen molar-refractivity contribution in [1.82, 2.24) is 0 Å². The van der Waals surface area contributed by atoms with Crippen molar-refractivity contribution in [1.29, 1.82) is 0 Å². The molecule has 0 saturated carbocycles. The summed E-state index contributed by atoms with van der Waals surface area (Å²) >= 11 is 0.